The van der Waals surface area contributed by atoms with Gasteiger partial charge in [-0.3, -0.25) is 19.2 Å². The van der Waals surface area contributed by atoms with Crippen LogP contribution in [0, 0.1) is 22.2 Å². The van der Waals surface area contributed by atoms with Crippen molar-refractivity contribution in [2.45, 2.75) is 125 Å². The molecule has 2 heterocycles. The van der Waals surface area contributed by atoms with Crippen LogP contribution in [0.25, 0.3) is 0 Å². The Hall–Kier alpha value is -3.18. The van der Waals surface area contributed by atoms with Crippen molar-refractivity contribution in [3.05, 3.63) is 35.9 Å². The molecule has 2 aliphatic heterocycles. The first-order valence-electron chi connectivity index (χ1n) is 16.0. The van der Waals surface area contributed by atoms with E-state index in [4.69, 9.17) is 35.3 Å². The number of carbonyl (C=O) groups excluding carboxylic acids is 5. The topological polar surface area (TPSA) is 135 Å². The number of ether oxygens (including phenoxy) is 5. The average Bonchev–Trinajstić information content (AvgIpc) is 3.28. The van der Waals surface area contributed by atoms with E-state index in [1.54, 1.807) is 62.3 Å². The number of carbonyl (C=O) groups is 5. The number of nitrogens with zero attached hydrogens (tertiary/aromatic N) is 1. The number of hydrogen-bond donors (Lipinski definition) is 0. The summed E-state index contributed by atoms with van der Waals surface area (Å²) in [5, 5.41) is -1.22. The molecule has 0 spiro atoms. The van der Waals surface area contributed by atoms with Gasteiger partial charge in [0.2, 0.25) is 6.29 Å². The second-order valence-electron chi connectivity index (χ2n) is 15.8. The Morgan fingerprint density at radius 3 is 1.83 bits per heavy atom. The van der Waals surface area contributed by atoms with E-state index in [9.17, 15) is 24.0 Å². The molecule has 47 heavy (non-hydrogen) atoms. The van der Waals surface area contributed by atoms with Crippen molar-refractivity contribution in [1.82, 2.24) is 4.90 Å². The first-order valence-corrected chi connectivity index (χ1v) is 16.4. The van der Waals surface area contributed by atoms with Gasteiger partial charge in [-0.05, 0) is 80.2 Å². The summed E-state index contributed by atoms with van der Waals surface area (Å²) in [6.07, 6.45) is -6.05. The van der Waals surface area contributed by atoms with Crippen molar-refractivity contribution >= 4 is 41.5 Å². The number of halogens is 1. The first-order chi connectivity index (χ1) is 21.5. The lowest BCUT2D eigenvalue weighted by molar-refractivity contribution is -0.259. The summed E-state index contributed by atoms with van der Waals surface area (Å²) < 4.78 is 29.2. The molecule has 0 unspecified atom stereocenters. The summed E-state index contributed by atoms with van der Waals surface area (Å²) in [6, 6.07) is 7.90. The molecular formula is C35H50ClNO10. The molecule has 2 amide bonds. The maximum Gasteiger partial charge on any atom is 0.419 e. The third kappa shape index (κ3) is 9.25. The normalized spacial score (nSPS) is 24.6. The SMILES string of the molecule is CC(C)C[C@@H](c1ccccc1)[C@@H](Cl)C(=O)N1C(=O)O[C@H]2O[C@H](COC(=O)C(C)(C)C)[C@@H](OC(=O)C(C)(C)C)[C@H](OC(=O)C(C)(C)C)[C@H]21. The Balaban J connectivity index is 2.10. The third-order valence-electron chi connectivity index (χ3n) is 7.81. The summed E-state index contributed by atoms with van der Waals surface area (Å²) in [6.45, 7) is 18.4. The van der Waals surface area contributed by atoms with Crippen LogP contribution in [0.4, 0.5) is 4.79 Å². The fraction of sp³-hybridized carbons (Fsp3) is 0.686. The molecule has 0 saturated carbocycles. The van der Waals surface area contributed by atoms with E-state index in [-0.39, 0.29) is 5.92 Å². The van der Waals surface area contributed by atoms with E-state index < -0.39 is 94.7 Å². The Morgan fingerprint density at radius 2 is 1.34 bits per heavy atom. The smallest absolute Gasteiger partial charge is 0.419 e. The number of alkyl halides is 1. The van der Waals surface area contributed by atoms with Gasteiger partial charge >= 0.3 is 24.0 Å². The zero-order valence-corrected chi connectivity index (χ0v) is 30.1. The fourth-order valence-corrected chi connectivity index (χ4v) is 5.45. The third-order valence-corrected chi connectivity index (χ3v) is 8.30. The monoisotopic (exact) mass is 679 g/mol. The van der Waals surface area contributed by atoms with E-state index >= 15 is 0 Å². The van der Waals surface area contributed by atoms with E-state index in [1.807, 2.05) is 44.2 Å². The standard InChI is InChI=1S/C35H50ClNO10/c1-19(2)17-21(20-15-13-12-14-16-20)23(36)27(38)37-24-26(46-31(41)35(9,10)11)25(45-30(40)34(6,7)8)22(44-28(24)47-32(37)42)18-43-29(39)33(3,4)5/h12-16,19,21-26,28H,17-18H2,1-11H3/t21-,22+,23+,24+,25+,26+,28+/m0/s1. The highest BCUT2D eigenvalue weighted by Gasteiger charge is 2.62. The first kappa shape index (κ1) is 38.3. The zero-order chi connectivity index (χ0) is 35.6. The molecule has 12 heteroatoms. The molecule has 3 rings (SSSR count). The molecule has 0 aliphatic carbocycles. The average molecular weight is 680 g/mol. The lowest BCUT2D eigenvalue weighted by Crippen LogP contribution is -2.65. The van der Waals surface area contributed by atoms with Crippen LogP contribution in [-0.2, 0) is 42.9 Å². The molecule has 2 saturated heterocycles. The Bertz CT molecular complexity index is 1310. The molecule has 2 aliphatic rings. The Morgan fingerprint density at radius 1 is 0.830 bits per heavy atom. The van der Waals surface area contributed by atoms with Gasteiger partial charge in [0.25, 0.3) is 5.91 Å². The van der Waals surface area contributed by atoms with Crippen molar-refractivity contribution in [3.63, 3.8) is 0 Å². The van der Waals surface area contributed by atoms with Gasteiger partial charge in [-0.25, -0.2) is 9.69 Å². The van der Waals surface area contributed by atoms with Gasteiger partial charge in [0.1, 0.15) is 24.1 Å². The number of fused-ring (bicyclic) bond motifs is 1. The van der Waals surface area contributed by atoms with Crippen molar-refractivity contribution in [1.29, 1.82) is 0 Å². The van der Waals surface area contributed by atoms with Gasteiger partial charge < -0.3 is 23.7 Å². The van der Waals surface area contributed by atoms with Gasteiger partial charge in [0, 0.05) is 5.92 Å². The Kier molecular flexibility index (Phi) is 11.8. The molecule has 0 radical (unpaired) electrons. The van der Waals surface area contributed by atoms with Crippen LogP contribution < -0.4 is 0 Å². The second-order valence-corrected chi connectivity index (χ2v) is 16.2. The van der Waals surface area contributed by atoms with Crippen molar-refractivity contribution in [2.75, 3.05) is 6.61 Å². The van der Waals surface area contributed by atoms with Crippen LogP contribution in [0.15, 0.2) is 30.3 Å². The van der Waals surface area contributed by atoms with Gasteiger partial charge in [-0.15, -0.1) is 11.6 Å². The predicted molar refractivity (Wildman–Crippen MR) is 173 cm³/mol. The van der Waals surface area contributed by atoms with E-state index in [0.717, 1.165) is 10.5 Å². The largest absolute Gasteiger partial charge is 0.462 e. The highest BCUT2D eigenvalue weighted by Crippen LogP contribution is 2.40. The van der Waals surface area contributed by atoms with E-state index in [1.165, 1.54) is 0 Å². The molecule has 1 aromatic carbocycles. The lowest BCUT2D eigenvalue weighted by Gasteiger charge is -2.44. The summed E-state index contributed by atoms with van der Waals surface area (Å²) in [7, 11) is 0. The molecular weight excluding hydrogens is 630 g/mol. The number of imide groups is 1. The number of amides is 2. The lowest BCUT2D eigenvalue weighted by atomic mass is 9.86. The molecule has 0 aromatic heterocycles. The maximum absolute atomic E-state index is 14.3. The second kappa shape index (κ2) is 14.5. The number of benzene rings is 1. The zero-order valence-electron chi connectivity index (χ0n) is 29.3. The van der Waals surface area contributed by atoms with Crippen LogP contribution in [-0.4, -0.2) is 77.4 Å². The van der Waals surface area contributed by atoms with E-state index in [2.05, 4.69) is 0 Å². The van der Waals surface area contributed by atoms with Gasteiger partial charge in [-0.2, -0.15) is 0 Å². The van der Waals surface area contributed by atoms with Crippen molar-refractivity contribution < 1.29 is 47.7 Å². The summed E-state index contributed by atoms with van der Waals surface area (Å²) >= 11 is 6.92. The molecule has 1 aromatic rings. The minimum absolute atomic E-state index is 0.156. The molecule has 0 bridgehead atoms. The molecule has 2 fully saturated rings. The Labute approximate surface area is 282 Å². The van der Waals surface area contributed by atoms with Gasteiger partial charge in [-0.1, -0.05) is 44.2 Å². The quantitative estimate of drug-likeness (QED) is 0.174. The summed E-state index contributed by atoms with van der Waals surface area (Å²) in [5.74, 6) is -3.03. The van der Waals surface area contributed by atoms with Gasteiger partial charge in [0.05, 0.1) is 16.2 Å². The minimum Gasteiger partial charge on any atom is -0.462 e. The number of hydrogen-bond acceptors (Lipinski definition) is 10. The van der Waals surface area contributed by atoms with Crippen molar-refractivity contribution in [3.8, 4) is 0 Å². The van der Waals surface area contributed by atoms with Crippen LogP contribution in [0.5, 0.6) is 0 Å². The van der Waals surface area contributed by atoms with Crippen LogP contribution in [0.3, 0.4) is 0 Å². The van der Waals surface area contributed by atoms with Gasteiger partial charge in [0.15, 0.2) is 12.2 Å². The molecule has 7 atom stereocenters. The van der Waals surface area contributed by atoms with Crippen LogP contribution >= 0.6 is 11.6 Å². The number of esters is 3. The highest BCUT2D eigenvalue weighted by molar-refractivity contribution is 6.32. The fourth-order valence-electron chi connectivity index (χ4n) is 5.10. The maximum atomic E-state index is 14.3. The van der Waals surface area contributed by atoms with E-state index in [0.29, 0.717) is 6.42 Å². The molecule has 262 valence electrons. The van der Waals surface area contributed by atoms with Crippen LogP contribution in [0.2, 0.25) is 0 Å². The molecule has 0 N–H and O–H groups in total. The predicted octanol–water partition coefficient (Wildman–Crippen LogP) is 6.00. The highest BCUT2D eigenvalue weighted by atomic mass is 35.5. The van der Waals surface area contributed by atoms with Crippen LogP contribution in [0.1, 0.15) is 94.1 Å². The molecule has 11 nitrogen and oxygen atoms in total. The summed E-state index contributed by atoms with van der Waals surface area (Å²) in [5.41, 5.74) is -2.08. The minimum atomic E-state index is -1.45. The summed E-state index contributed by atoms with van der Waals surface area (Å²) in [4.78, 5) is 68.0. The number of rotatable bonds is 9. The van der Waals surface area contributed by atoms with Crippen molar-refractivity contribution in [2.24, 2.45) is 22.2 Å².